The molecular weight excluding hydrogens is 238 g/mol. The maximum absolute atomic E-state index is 5.91. The van der Waals surface area contributed by atoms with E-state index in [1.165, 1.54) is 5.56 Å². The number of hydrogen-bond acceptors (Lipinski definition) is 3. The van der Waals surface area contributed by atoms with E-state index in [-0.39, 0.29) is 6.10 Å². The van der Waals surface area contributed by atoms with Crippen LogP contribution in [0.5, 0.6) is 5.75 Å². The summed E-state index contributed by atoms with van der Waals surface area (Å²) in [4.78, 5) is 0. The normalized spacial score (nSPS) is 18.9. The Labute approximate surface area is 113 Å². The molecule has 3 rings (SSSR count). The molecule has 1 aromatic heterocycles. The van der Waals surface area contributed by atoms with Crippen LogP contribution in [0.4, 0.5) is 0 Å². The fraction of sp³-hybridized carbons (Fsp3) is 0.375. The largest absolute Gasteiger partial charge is 0.488 e. The lowest BCUT2D eigenvalue weighted by molar-refractivity contribution is 0.221. The zero-order valence-corrected chi connectivity index (χ0v) is 11.1. The van der Waals surface area contributed by atoms with Crippen molar-refractivity contribution < 1.29 is 9.15 Å². The van der Waals surface area contributed by atoms with Crippen LogP contribution >= 0.6 is 0 Å². The summed E-state index contributed by atoms with van der Waals surface area (Å²) in [6.07, 6.45) is 3.87. The van der Waals surface area contributed by atoms with Gasteiger partial charge in [-0.05, 0) is 30.7 Å². The molecule has 0 fully saturated rings. The lowest BCUT2D eigenvalue weighted by Crippen LogP contribution is -2.36. The van der Waals surface area contributed by atoms with Gasteiger partial charge in [0.2, 0.25) is 0 Å². The van der Waals surface area contributed by atoms with Crippen LogP contribution in [0.3, 0.4) is 0 Å². The van der Waals surface area contributed by atoms with Crippen molar-refractivity contribution in [3.05, 3.63) is 54.0 Å². The molecule has 2 atom stereocenters. The van der Waals surface area contributed by atoms with Gasteiger partial charge < -0.3 is 14.5 Å². The molecule has 1 aliphatic rings. The summed E-state index contributed by atoms with van der Waals surface area (Å²) >= 11 is 0. The Morgan fingerprint density at radius 2 is 2.16 bits per heavy atom. The van der Waals surface area contributed by atoms with Gasteiger partial charge >= 0.3 is 0 Å². The van der Waals surface area contributed by atoms with Crippen LogP contribution in [0.15, 0.2) is 47.1 Å². The number of furan rings is 1. The molecule has 1 aromatic carbocycles. The second-order valence-electron chi connectivity index (χ2n) is 5.14. The summed E-state index contributed by atoms with van der Waals surface area (Å²) in [5.41, 5.74) is 1.31. The van der Waals surface area contributed by atoms with Crippen LogP contribution in [0, 0.1) is 0 Å². The minimum absolute atomic E-state index is 0.247. The minimum atomic E-state index is 0.247. The average molecular weight is 257 g/mol. The van der Waals surface area contributed by atoms with Crippen molar-refractivity contribution in [1.29, 1.82) is 0 Å². The quantitative estimate of drug-likeness (QED) is 0.894. The van der Waals surface area contributed by atoms with Crippen LogP contribution in [-0.4, -0.2) is 18.7 Å². The number of benzene rings is 1. The molecule has 1 N–H and O–H groups in total. The van der Waals surface area contributed by atoms with Gasteiger partial charge in [0, 0.05) is 25.4 Å². The van der Waals surface area contributed by atoms with Gasteiger partial charge in [0.1, 0.15) is 17.6 Å². The molecule has 0 spiro atoms. The van der Waals surface area contributed by atoms with E-state index in [0.29, 0.717) is 6.04 Å². The van der Waals surface area contributed by atoms with E-state index >= 15 is 0 Å². The molecule has 2 aromatic rings. The number of hydrogen-bond donors (Lipinski definition) is 1. The first kappa shape index (κ1) is 12.3. The zero-order valence-electron chi connectivity index (χ0n) is 11.1. The van der Waals surface area contributed by atoms with Crippen LogP contribution < -0.4 is 10.1 Å². The summed E-state index contributed by atoms with van der Waals surface area (Å²) in [6.45, 7) is 3.04. The molecule has 2 unspecified atom stereocenters. The third-order valence-corrected chi connectivity index (χ3v) is 3.50. The van der Waals surface area contributed by atoms with E-state index in [1.807, 2.05) is 24.3 Å². The standard InChI is InChI=1S/C16H19NO2/c1-12(9-14-6-4-8-18-14)17-11-15-10-13-5-2-3-7-16(13)19-15/h2-8,12,15,17H,9-11H2,1H3. The van der Waals surface area contributed by atoms with E-state index in [0.717, 1.165) is 30.9 Å². The van der Waals surface area contributed by atoms with E-state index in [2.05, 4.69) is 24.4 Å². The molecule has 19 heavy (non-hydrogen) atoms. The van der Waals surface area contributed by atoms with Gasteiger partial charge in [-0.2, -0.15) is 0 Å². The van der Waals surface area contributed by atoms with Crippen LogP contribution in [-0.2, 0) is 12.8 Å². The van der Waals surface area contributed by atoms with Crippen LogP contribution in [0.2, 0.25) is 0 Å². The zero-order chi connectivity index (χ0) is 13.1. The van der Waals surface area contributed by atoms with Gasteiger partial charge in [-0.25, -0.2) is 0 Å². The monoisotopic (exact) mass is 257 g/mol. The lowest BCUT2D eigenvalue weighted by atomic mass is 10.1. The maximum atomic E-state index is 5.91. The van der Waals surface area contributed by atoms with Crippen molar-refractivity contribution in [2.75, 3.05) is 6.54 Å². The molecule has 3 heteroatoms. The Kier molecular flexibility index (Phi) is 3.56. The molecule has 2 heterocycles. The van der Waals surface area contributed by atoms with Gasteiger partial charge in [0.25, 0.3) is 0 Å². The van der Waals surface area contributed by atoms with E-state index in [4.69, 9.17) is 9.15 Å². The Balaban J connectivity index is 1.46. The van der Waals surface area contributed by atoms with Crippen molar-refractivity contribution in [2.24, 2.45) is 0 Å². The number of fused-ring (bicyclic) bond motifs is 1. The molecule has 1 aliphatic heterocycles. The van der Waals surface area contributed by atoms with Crippen LogP contribution in [0.1, 0.15) is 18.2 Å². The summed E-state index contributed by atoms with van der Waals surface area (Å²) in [5.74, 6) is 2.06. The predicted octanol–water partition coefficient (Wildman–Crippen LogP) is 2.80. The van der Waals surface area contributed by atoms with Gasteiger partial charge in [-0.15, -0.1) is 0 Å². The lowest BCUT2D eigenvalue weighted by Gasteiger charge is -2.16. The fourth-order valence-electron chi connectivity index (χ4n) is 2.50. The van der Waals surface area contributed by atoms with Crippen molar-refractivity contribution in [2.45, 2.75) is 31.9 Å². The number of rotatable bonds is 5. The van der Waals surface area contributed by atoms with Crippen molar-refractivity contribution in [3.63, 3.8) is 0 Å². The minimum Gasteiger partial charge on any atom is -0.488 e. The van der Waals surface area contributed by atoms with Gasteiger partial charge in [-0.3, -0.25) is 0 Å². The highest BCUT2D eigenvalue weighted by atomic mass is 16.5. The van der Waals surface area contributed by atoms with E-state index in [1.54, 1.807) is 6.26 Å². The summed E-state index contributed by atoms with van der Waals surface area (Å²) < 4.78 is 11.3. The van der Waals surface area contributed by atoms with Crippen molar-refractivity contribution >= 4 is 0 Å². The van der Waals surface area contributed by atoms with E-state index in [9.17, 15) is 0 Å². The van der Waals surface area contributed by atoms with Gasteiger partial charge in [0.15, 0.2) is 0 Å². The number of nitrogens with one attached hydrogen (secondary N) is 1. The highest BCUT2D eigenvalue weighted by molar-refractivity contribution is 5.37. The van der Waals surface area contributed by atoms with Gasteiger partial charge in [0.05, 0.1) is 6.26 Å². The smallest absolute Gasteiger partial charge is 0.123 e. The molecular formula is C16H19NO2. The third-order valence-electron chi connectivity index (χ3n) is 3.50. The molecule has 100 valence electrons. The van der Waals surface area contributed by atoms with Crippen LogP contribution in [0.25, 0.3) is 0 Å². The molecule has 0 bridgehead atoms. The second-order valence-corrected chi connectivity index (χ2v) is 5.14. The molecule has 0 amide bonds. The first-order valence-corrected chi connectivity index (χ1v) is 6.81. The van der Waals surface area contributed by atoms with E-state index < -0.39 is 0 Å². The Morgan fingerprint density at radius 3 is 2.95 bits per heavy atom. The highest BCUT2D eigenvalue weighted by Gasteiger charge is 2.22. The summed E-state index contributed by atoms with van der Waals surface area (Å²) in [7, 11) is 0. The second kappa shape index (κ2) is 5.49. The fourth-order valence-corrected chi connectivity index (χ4v) is 2.50. The first-order valence-electron chi connectivity index (χ1n) is 6.81. The SMILES string of the molecule is CC(Cc1ccco1)NCC1Cc2ccccc2O1. The Hall–Kier alpha value is -1.74. The average Bonchev–Trinajstić information content (AvgIpc) is 3.04. The summed E-state index contributed by atoms with van der Waals surface area (Å²) in [6, 6.07) is 12.6. The predicted molar refractivity (Wildman–Crippen MR) is 74.4 cm³/mol. The molecule has 0 radical (unpaired) electrons. The molecule has 0 saturated heterocycles. The highest BCUT2D eigenvalue weighted by Crippen LogP contribution is 2.27. The molecule has 0 saturated carbocycles. The van der Waals surface area contributed by atoms with Crippen molar-refractivity contribution in [3.8, 4) is 5.75 Å². The molecule has 0 aliphatic carbocycles. The number of ether oxygens (including phenoxy) is 1. The Bertz CT molecular complexity index is 496. The third kappa shape index (κ3) is 2.99. The first-order chi connectivity index (χ1) is 9.31. The summed E-state index contributed by atoms with van der Waals surface area (Å²) in [5, 5.41) is 3.51. The van der Waals surface area contributed by atoms with Gasteiger partial charge in [-0.1, -0.05) is 18.2 Å². The number of para-hydroxylation sites is 1. The maximum Gasteiger partial charge on any atom is 0.123 e. The molecule has 3 nitrogen and oxygen atoms in total. The van der Waals surface area contributed by atoms with Crippen molar-refractivity contribution in [1.82, 2.24) is 5.32 Å². The Morgan fingerprint density at radius 1 is 1.26 bits per heavy atom. The topological polar surface area (TPSA) is 34.4 Å².